The molecule has 5 aromatic rings. The molecule has 1 fully saturated rings. The number of hydrogen-bond acceptors (Lipinski definition) is 8. The van der Waals surface area contributed by atoms with Crippen molar-refractivity contribution < 1.29 is 38.0 Å². The van der Waals surface area contributed by atoms with Crippen LogP contribution in [0, 0.1) is 13.8 Å². The molecule has 10 nitrogen and oxygen atoms in total. The maximum absolute atomic E-state index is 13.5. The number of carbonyl (C=O) groups excluding carboxylic acids is 2. The van der Waals surface area contributed by atoms with Crippen LogP contribution >= 0.6 is 0 Å². The number of anilines is 2. The lowest BCUT2D eigenvalue weighted by Crippen LogP contribution is -2.63. The second-order valence-electron chi connectivity index (χ2n) is 12.8. The first-order chi connectivity index (χ1) is 25.8. The Bertz CT molecular complexity index is 1810. The van der Waals surface area contributed by atoms with Crippen molar-refractivity contribution >= 4 is 23.6 Å². The number of amides is 2. The standard InChI is InChI=1S/C43H44N2O8/c1-29-20-24-34(25-21-29)44-41(46)52-38-37(48-3)36(51-40(49-4)39(38)53-42(47)45-35-26-22-30(2)23-27-35)28-50-43(31-14-8-5-9-15-31,32-16-10-6-11-17-32)33-18-12-7-13-19-33/h5-27,36-40H,28H2,1-4H3,(H,44,46)(H,45,47)/t36?,37-,38+,39?,40-/m1/s1. The van der Waals surface area contributed by atoms with Gasteiger partial charge in [-0.05, 0) is 54.8 Å². The molecule has 5 aromatic carbocycles. The van der Waals surface area contributed by atoms with Crippen molar-refractivity contribution in [1.29, 1.82) is 0 Å². The lowest BCUT2D eigenvalue weighted by molar-refractivity contribution is -0.299. The fourth-order valence-corrected chi connectivity index (χ4v) is 6.54. The minimum Gasteiger partial charge on any atom is -0.439 e. The summed E-state index contributed by atoms with van der Waals surface area (Å²) in [7, 11) is 2.90. The molecule has 53 heavy (non-hydrogen) atoms. The summed E-state index contributed by atoms with van der Waals surface area (Å²) in [6.45, 7) is 3.85. The molecule has 2 unspecified atom stereocenters. The van der Waals surface area contributed by atoms with Gasteiger partial charge in [-0.25, -0.2) is 9.59 Å². The molecular formula is C43H44N2O8. The van der Waals surface area contributed by atoms with E-state index in [1.807, 2.05) is 129 Å². The van der Waals surface area contributed by atoms with E-state index in [1.54, 1.807) is 24.3 Å². The van der Waals surface area contributed by atoms with Crippen molar-refractivity contribution in [2.24, 2.45) is 0 Å². The molecule has 6 rings (SSSR count). The van der Waals surface area contributed by atoms with Crippen LogP contribution in [-0.4, -0.2) is 63.7 Å². The number of methoxy groups -OCH3 is 2. The smallest absolute Gasteiger partial charge is 0.412 e. The normalized spacial score (nSPS) is 19.9. The van der Waals surface area contributed by atoms with Gasteiger partial charge in [0.25, 0.3) is 0 Å². The van der Waals surface area contributed by atoms with Crippen LogP contribution in [0.2, 0.25) is 0 Å². The molecule has 1 aliphatic rings. The second-order valence-corrected chi connectivity index (χ2v) is 12.8. The summed E-state index contributed by atoms with van der Waals surface area (Å²) >= 11 is 0. The van der Waals surface area contributed by atoms with Crippen LogP contribution in [0.15, 0.2) is 140 Å². The number of rotatable bonds is 12. The molecule has 1 heterocycles. The van der Waals surface area contributed by atoms with E-state index in [0.717, 1.165) is 27.8 Å². The van der Waals surface area contributed by atoms with Crippen molar-refractivity contribution in [2.45, 2.75) is 50.2 Å². The summed E-state index contributed by atoms with van der Waals surface area (Å²) in [6.07, 6.45) is -7.01. The minimum atomic E-state index is -1.24. The molecule has 0 radical (unpaired) electrons. The third kappa shape index (κ3) is 8.76. The molecule has 0 aromatic heterocycles. The Labute approximate surface area is 310 Å². The van der Waals surface area contributed by atoms with Crippen LogP contribution in [0.3, 0.4) is 0 Å². The van der Waals surface area contributed by atoms with Gasteiger partial charge in [0.2, 0.25) is 0 Å². The second kappa shape index (κ2) is 17.3. The SMILES string of the molecule is CO[C@@H]1OC(COC(c2ccccc2)(c2ccccc2)c2ccccc2)[C@@H](OC)[C@H](OC(=O)Nc2ccc(C)cc2)C1OC(=O)Nc1ccc(C)cc1. The topological polar surface area (TPSA) is 114 Å². The fourth-order valence-electron chi connectivity index (χ4n) is 6.54. The molecule has 5 atom stereocenters. The minimum absolute atomic E-state index is 0.0429. The first-order valence-electron chi connectivity index (χ1n) is 17.4. The highest BCUT2D eigenvalue weighted by atomic mass is 16.7. The van der Waals surface area contributed by atoms with Crippen molar-refractivity contribution in [2.75, 3.05) is 31.5 Å². The van der Waals surface area contributed by atoms with E-state index in [2.05, 4.69) is 10.6 Å². The third-order valence-electron chi connectivity index (χ3n) is 9.18. The Balaban J connectivity index is 1.33. The molecular weight excluding hydrogens is 672 g/mol. The Morgan fingerprint density at radius 1 is 0.566 bits per heavy atom. The van der Waals surface area contributed by atoms with Gasteiger partial charge in [-0.15, -0.1) is 0 Å². The highest BCUT2D eigenvalue weighted by Crippen LogP contribution is 2.41. The van der Waals surface area contributed by atoms with Crippen molar-refractivity contribution in [3.05, 3.63) is 167 Å². The number of carbonyl (C=O) groups is 2. The highest BCUT2D eigenvalue weighted by molar-refractivity contribution is 5.85. The Morgan fingerprint density at radius 3 is 1.38 bits per heavy atom. The van der Waals surface area contributed by atoms with Crippen molar-refractivity contribution in [3.8, 4) is 0 Å². The average molecular weight is 717 g/mol. The lowest BCUT2D eigenvalue weighted by Gasteiger charge is -2.45. The predicted octanol–water partition coefficient (Wildman–Crippen LogP) is 8.23. The first-order valence-corrected chi connectivity index (χ1v) is 17.4. The van der Waals surface area contributed by atoms with Crippen LogP contribution in [-0.2, 0) is 34.0 Å². The quantitative estimate of drug-likeness (QED) is 0.124. The molecule has 0 spiro atoms. The van der Waals surface area contributed by atoms with E-state index in [1.165, 1.54) is 14.2 Å². The molecule has 2 amide bonds. The van der Waals surface area contributed by atoms with Gasteiger partial charge < -0.3 is 28.4 Å². The van der Waals surface area contributed by atoms with Crippen LogP contribution in [0.1, 0.15) is 27.8 Å². The Hall–Kier alpha value is -5.52. The van der Waals surface area contributed by atoms with Crippen LogP contribution in [0.4, 0.5) is 21.0 Å². The van der Waals surface area contributed by atoms with Gasteiger partial charge in [-0.3, -0.25) is 10.6 Å². The maximum atomic E-state index is 13.5. The van der Waals surface area contributed by atoms with Gasteiger partial charge in [0.1, 0.15) is 17.8 Å². The first kappa shape index (κ1) is 37.2. The predicted molar refractivity (Wildman–Crippen MR) is 202 cm³/mol. The third-order valence-corrected chi connectivity index (χ3v) is 9.18. The molecule has 274 valence electrons. The van der Waals surface area contributed by atoms with Gasteiger partial charge >= 0.3 is 12.2 Å². The molecule has 1 saturated heterocycles. The zero-order valence-corrected chi connectivity index (χ0v) is 30.1. The van der Waals surface area contributed by atoms with Crippen molar-refractivity contribution in [1.82, 2.24) is 0 Å². The number of benzene rings is 5. The molecule has 1 aliphatic heterocycles. The number of aryl methyl sites for hydroxylation is 2. The highest BCUT2D eigenvalue weighted by Gasteiger charge is 2.52. The number of hydrogen-bond donors (Lipinski definition) is 2. The Morgan fingerprint density at radius 2 is 0.981 bits per heavy atom. The number of ether oxygens (including phenoxy) is 6. The van der Waals surface area contributed by atoms with Gasteiger partial charge in [0.15, 0.2) is 18.5 Å². The van der Waals surface area contributed by atoms with Gasteiger partial charge in [-0.2, -0.15) is 0 Å². The molecule has 2 N–H and O–H groups in total. The lowest BCUT2D eigenvalue weighted by atomic mass is 9.80. The summed E-state index contributed by atoms with van der Waals surface area (Å²) < 4.78 is 37.3. The zero-order chi connectivity index (χ0) is 37.2. The van der Waals surface area contributed by atoms with Gasteiger partial charge in [-0.1, -0.05) is 126 Å². The average Bonchev–Trinajstić information content (AvgIpc) is 3.19. The number of nitrogens with one attached hydrogen (secondary N) is 2. The van der Waals surface area contributed by atoms with E-state index >= 15 is 0 Å². The van der Waals surface area contributed by atoms with E-state index in [0.29, 0.717) is 11.4 Å². The molecule has 0 saturated carbocycles. The Kier molecular flexibility index (Phi) is 12.2. The summed E-state index contributed by atoms with van der Waals surface area (Å²) in [5.74, 6) is 0. The summed E-state index contributed by atoms with van der Waals surface area (Å²) in [6, 6.07) is 44.3. The van der Waals surface area contributed by atoms with E-state index in [9.17, 15) is 9.59 Å². The fraction of sp³-hybridized carbons (Fsp3) is 0.256. The molecule has 0 bridgehead atoms. The van der Waals surface area contributed by atoms with E-state index in [4.69, 9.17) is 28.4 Å². The van der Waals surface area contributed by atoms with Crippen molar-refractivity contribution in [3.63, 3.8) is 0 Å². The van der Waals surface area contributed by atoms with Crippen LogP contribution in [0.5, 0.6) is 0 Å². The maximum Gasteiger partial charge on any atom is 0.412 e. The summed E-state index contributed by atoms with van der Waals surface area (Å²) in [5, 5.41) is 5.49. The largest absolute Gasteiger partial charge is 0.439 e. The van der Waals surface area contributed by atoms with E-state index < -0.39 is 48.5 Å². The summed E-state index contributed by atoms with van der Waals surface area (Å²) in [5.41, 5.74) is 4.72. The van der Waals surface area contributed by atoms with E-state index in [-0.39, 0.29) is 6.61 Å². The summed E-state index contributed by atoms with van der Waals surface area (Å²) in [4.78, 5) is 26.8. The molecule has 0 aliphatic carbocycles. The van der Waals surface area contributed by atoms with Crippen LogP contribution < -0.4 is 10.6 Å². The van der Waals surface area contributed by atoms with Gasteiger partial charge in [0.05, 0.1) is 6.61 Å². The monoisotopic (exact) mass is 716 g/mol. The molecule has 10 heteroatoms. The van der Waals surface area contributed by atoms with Crippen LogP contribution in [0.25, 0.3) is 0 Å². The van der Waals surface area contributed by atoms with Gasteiger partial charge in [0, 0.05) is 25.6 Å². The zero-order valence-electron chi connectivity index (χ0n) is 30.1.